The highest BCUT2D eigenvalue weighted by molar-refractivity contribution is 5.86. The Labute approximate surface area is 143 Å². The molecule has 1 saturated heterocycles. The van der Waals surface area contributed by atoms with Crippen LogP contribution in [0.2, 0.25) is 0 Å². The Morgan fingerprint density at radius 1 is 1.36 bits per heavy atom. The molecule has 1 N–H and O–H groups in total. The summed E-state index contributed by atoms with van der Waals surface area (Å²) in [6.45, 7) is 3.29. The molecule has 6 atom stereocenters. The van der Waals surface area contributed by atoms with E-state index in [1.807, 2.05) is 0 Å². The first-order valence-electron chi connectivity index (χ1n) is 8.00. The lowest BCUT2D eigenvalue weighted by atomic mass is 9.78. The van der Waals surface area contributed by atoms with Crippen molar-refractivity contribution in [3.63, 3.8) is 0 Å². The fourth-order valence-electron chi connectivity index (χ4n) is 4.13. The summed E-state index contributed by atoms with van der Waals surface area (Å²) >= 11 is 0. The van der Waals surface area contributed by atoms with Crippen molar-refractivity contribution < 1.29 is 38.1 Å². The topological polar surface area (TPSA) is 117 Å². The maximum absolute atomic E-state index is 12.0. The number of methoxy groups -OCH3 is 1. The van der Waals surface area contributed by atoms with Crippen LogP contribution in [0.4, 0.5) is 4.79 Å². The minimum Gasteiger partial charge on any atom is -0.469 e. The van der Waals surface area contributed by atoms with Crippen LogP contribution in [0, 0.1) is 23.7 Å². The van der Waals surface area contributed by atoms with Crippen molar-refractivity contribution in [3.8, 4) is 0 Å². The molecule has 2 saturated carbocycles. The SMILES string of the molecule is C=CC(=O)OCCNC(=O)OC1C2CC3C1OC(=O)C3C2C(=O)OC. The van der Waals surface area contributed by atoms with Crippen molar-refractivity contribution >= 4 is 24.0 Å². The summed E-state index contributed by atoms with van der Waals surface area (Å²) < 4.78 is 20.2. The highest BCUT2D eigenvalue weighted by Gasteiger charge is 2.70. The summed E-state index contributed by atoms with van der Waals surface area (Å²) in [5.74, 6) is -3.10. The molecule has 6 unspecified atom stereocenters. The van der Waals surface area contributed by atoms with Gasteiger partial charge in [-0.15, -0.1) is 0 Å². The second kappa shape index (κ2) is 6.73. The van der Waals surface area contributed by atoms with Gasteiger partial charge < -0.3 is 24.3 Å². The number of carbonyl (C=O) groups is 4. The van der Waals surface area contributed by atoms with Gasteiger partial charge in [0.2, 0.25) is 0 Å². The van der Waals surface area contributed by atoms with E-state index in [9.17, 15) is 19.2 Å². The van der Waals surface area contributed by atoms with Crippen LogP contribution in [0.1, 0.15) is 6.42 Å². The molecule has 0 spiro atoms. The molecule has 3 rings (SSSR count). The molecule has 3 aliphatic rings. The first-order valence-corrected chi connectivity index (χ1v) is 8.00. The highest BCUT2D eigenvalue weighted by atomic mass is 16.6. The number of ether oxygens (including phenoxy) is 4. The predicted molar refractivity (Wildman–Crippen MR) is 79.9 cm³/mol. The van der Waals surface area contributed by atoms with Crippen molar-refractivity contribution in [1.82, 2.24) is 5.32 Å². The van der Waals surface area contributed by atoms with E-state index in [0.717, 1.165) is 6.08 Å². The second-order valence-electron chi connectivity index (χ2n) is 6.21. The van der Waals surface area contributed by atoms with Gasteiger partial charge in [-0.05, 0) is 6.42 Å². The lowest BCUT2D eigenvalue weighted by molar-refractivity contribution is -0.153. The lowest BCUT2D eigenvalue weighted by Crippen LogP contribution is -2.45. The molecule has 0 aromatic carbocycles. The van der Waals surface area contributed by atoms with E-state index in [-0.39, 0.29) is 25.0 Å². The normalized spacial score (nSPS) is 34.2. The summed E-state index contributed by atoms with van der Waals surface area (Å²) in [5.41, 5.74) is 0. The zero-order chi connectivity index (χ0) is 18.1. The van der Waals surface area contributed by atoms with Crippen LogP contribution < -0.4 is 5.32 Å². The third kappa shape index (κ3) is 2.94. The average Bonchev–Trinajstić information content (AvgIpc) is 3.21. The molecule has 1 heterocycles. The number of rotatable bonds is 6. The number of hydrogen-bond acceptors (Lipinski definition) is 8. The van der Waals surface area contributed by atoms with Gasteiger partial charge >= 0.3 is 24.0 Å². The summed E-state index contributed by atoms with van der Waals surface area (Å²) in [6.07, 6.45) is -0.336. The molecule has 136 valence electrons. The Hall–Kier alpha value is -2.58. The maximum Gasteiger partial charge on any atom is 0.407 e. The van der Waals surface area contributed by atoms with Gasteiger partial charge in [0, 0.05) is 17.9 Å². The summed E-state index contributed by atoms with van der Waals surface area (Å²) in [7, 11) is 1.26. The van der Waals surface area contributed by atoms with Gasteiger partial charge in [0.1, 0.15) is 18.8 Å². The number of amides is 1. The smallest absolute Gasteiger partial charge is 0.407 e. The summed E-state index contributed by atoms with van der Waals surface area (Å²) in [5, 5.41) is 2.45. The average molecular weight is 353 g/mol. The van der Waals surface area contributed by atoms with Gasteiger partial charge in [0.25, 0.3) is 0 Å². The van der Waals surface area contributed by atoms with E-state index in [1.165, 1.54) is 7.11 Å². The molecule has 25 heavy (non-hydrogen) atoms. The third-order valence-electron chi connectivity index (χ3n) is 5.04. The Morgan fingerprint density at radius 3 is 2.80 bits per heavy atom. The van der Waals surface area contributed by atoms with Gasteiger partial charge in [0.05, 0.1) is 25.5 Å². The molecule has 2 aliphatic carbocycles. The predicted octanol–water partition coefficient (Wildman–Crippen LogP) is -0.209. The maximum atomic E-state index is 12.0. The molecule has 0 radical (unpaired) electrons. The molecule has 1 aliphatic heterocycles. The van der Waals surface area contributed by atoms with Crippen LogP contribution in [0.3, 0.4) is 0 Å². The van der Waals surface area contributed by atoms with E-state index in [2.05, 4.69) is 11.9 Å². The highest BCUT2D eigenvalue weighted by Crippen LogP contribution is 2.58. The fourth-order valence-corrected chi connectivity index (χ4v) is 4.13. The van der Waals surface area contributed by atoms with Crippen LogP contribution >= 0.6 is 0 Å². The molecule has 0 aromatic rings. The Balaban J connectivity index is 1.57. The van der Waals surface area contributed by atoms with Crippen LogP contribution in [0.25, 0.3) is 0 Å². The van der Waals surface area contributed by atoms with Crippen molar-refractivity contribution in [1.29, 1.82) is 0 Å². The van der Waals surface area contributed by atoms with Crippen molar-refractivity contribution in [2.75, 3.05) is 20.3 Å². The Morgan fingerprint density at radius 2 is 2.12 bits per heavy atom. The second-order valence-corrected chi connectivity index (χ2v) is 6.21. The van der Waals surface area contributed by atoms with E-state index >= 15 is 0 Å². The van der Waals surface area contributed by atoms with Crippen LogP contribution in [-0.4, -0.2) is 56.5 Å². The Kier molecular flexibility index (Phi) is 4.65. The molecule has 3 fully saturated rings. The van der Waals surface area contributed by atoms with Crippen molar-refractivity contribution in [2.45, 2.75) is 18.6 Å². The van der Waals surface area contributed by atoms with Crippen LogP contribution in [0.5, 0.6) is 0 Å². The van der Waals surface area contributed by atoms with E-state index in [0.29, 0.717) is 6.42 Å². The minimum atomic E-state index is -0.727. The van der Waals surface area contributed by atoms with Gasteiger partial charge in [-0.2, -0.15) is 0 Å². The molecule has 9 nitrogen and oxygen atoms in total. The number of alkyl carbamates (subject to hydrolysis) is 1. The summed E-state index contributed by atoms with van der Waals surface area (Å²) in [6, 6.07) is 0. The minimum absolute atomic E-state index is 0.0258. The largest absolute Gasteiger partial charge is 0.469 e. The van der Waals surface area contributed by atoms with Crippen molar-refractivity contribution in [2.24, 2.45) is 23.7 Å². The standard InChI is InChI=1S/C16H19NO8/c1-3-9(18)23-5-4-17-16(21)25-13-7-6-8-11(10(7)14(19)22-2)15(20)24-12(8)13/h3,7-8,10-13H,1,4-6H2,2H3,(H,17,21). The zero-order valence-electron chi connectivity index (χ0n) is 13.6. The monoisotopic (exact) mass is 353 g/mol. The molecule has 2 bridgehead atoms. The van der Waals surface area contributed by atoms with Gasteiger partial charge in [0.15, 0.2) is 0 Å². The third-order valence-corrected chi connectivity index (χ3v) is 5.04. The number of hydrogen-bond donors (Lipinski definition) is 1. The first kappa shape index (κ1) is 17.2. The fraction of sp³-hybridized carbons (Fsp3) is 0.625. The quantitative estimate of drug-likeness (QED) is 0.302. The first-order chi connectivity index (χ1) is 12.0. The van der Waals surface area contributed by atoms with Gasteiger partial charge in [-0.1, -0.05) is 6.58 Å². The van der Waals surface area contributed by atoms with E-state index in [4.69, 9.17) is 18.9 Å². The molecular formula is C16H19NO8. The van der Waals surface area contributed by atoms with Crippen molar-refractivity contribution in [3.05, 3.63) is 12.7 Å². The Bertz CT molecular complexity index is 617. The number of fused-ring (bicyclic) bond motifs is 1. The molecule has 9 heteroatoms. The molecule has 1 amide bonds. The van der Waals surface area contributed by atoms with Gasteiger partial charge in [-0.3, -0.25) is 9.59 Å². The lowest BCUT2D eigenvalue weighted by Gasteiger charge is -2.29. The van der Waals surface area contributed by atoms with E-state index < -0.39 is 48.0 Å². The molecular weight excluding hydrogens is 334 g/mol. The zero-order valence-corrected chi connectivity index (χ0v) is 13.6. The van der Waals surface area contributed by atoms with Gasteiger partial charge in [-0.25, -0.2) is 9.59 Å². The number of esters is 3. The molecule has 0 aromatic heterocycles. The van der Waals surface area contributed by atoms with Crippen LogP contribution in [-0.2, 0) is 33.3 Å². The van der Waals surface area contributed by atoms with E-state index in [1.54, 1.807) is 0 Å². The number of carbonyl (C=O) groups excluding carboxylic acids is 4. The number of nitrogens with one attached hydrogen (secondary N) is 1. The summed E-state index contributed by atoms with van der Waals surface area (Å²) in [4.78, 5) is 46.9. The van der Waals surface area contributed by atoms with Crippen LogP contribution in [0.15, 0.2) is 12.7 Å².